The Morgan fingerprint density at radius 2 is 1.76 bits per heavy atom. The average molecular weight is 353 g/mol. The Bertz CT molecular complexity index is 893. The van der Waals surface area contributed by atoms with Crippen molar-refractivity contribution in [3.8, 4) is 0 Å². The molecule has 0 radical (unpaired) electrons. The molecular weight excluding hydrogens is 338 g/mol. The van der Waals surface area contributed by atoms with Crippen molar-refractivity contribution in [3.05, 3.63) is 71.2 Å². The van der Waals surface area contributed by atoms with E-state index < -0.39 is 11.9 Å². The summed E-state index contributed by atoms with van der Waals surface area (Å²) in [5, 5.41) is 8.09. The molecule has 0 bridgehead atoms. The van der Waals surface area contributed by atoms with Gasteiger partial charge in [-0.25, -0.2) is 9.78 Å². The van der Waals surface area contributed by atoms with E-state index in [0.717, 1.165) is 5.69 Å². The highest BCUT2D eigenvalue weighted by atomic mass is 32.1. The van der Waals surface area contributed by atoms with Crippen LogP contribution in [0.5, 0.6) is 0 Å². The standard InChI is InChI=1S/C18H15N3O3S/c1-24-17(23)13-9-5-6-10-14(13)20-16(22)15-11-25-18(21-15)19-12-7-3-2-4-8-12/h2-11H,1H3,(H,19,21)(H,20,22). The molecule has 0 spiro atoms. The van der Waals surface area contributed by atoms with Crippen LogP contribution in [-0.4, -0.2) is 24.0 Å². The van der Waals surface area contributed by atoms with Crippen LogP contribution in [0.2, 0.25) is 0 Å². The van der Waals surface area contributed by atoms with E-state index in [1.165, 1.54) is 18.4 Å². The maximum atomic E-state index is 12.4. The molecule has 0 atom stereocenters. The fraction of sp³-hybridized carbons (Fsp3) is 0.0556. The Morgan fingerprint density at radius 3 is 2.52 bits per heavy atom. The predicted molar refractivity (Wildman–Crippen MR) is 97.6 cm³/mol. The second kappa shape index (κ2) is 7.59. The van der Waals surface area contributed by atoms with Gasteiger partial charge in [-0.1, -0.05) is 30.3 Å². The van der Waals surface area contributed by atoms with Gasteiger partial charge < -0.3 is 15.4 Å². The summed E-state index contributed by atoms with van der Waals surface area (Å²) in [6, 6.07) is 16.2. The van der Waals surface area contributed by atoms with Crippen LogP contribution in [0.3, 0.4) is 0 Å². The molecule has 7 heteroatoms. The molecule has 25 heavy (non-hydrogen) atoms. The van der Waals surface area contributed by atoms with Gasteiger partial charge in [-0.15, -0.1) is 11.3 Å². The fourth-order valence-electron chi connectivity index (χ4n) is 2.15. The smallest absolute Gasteiger partial charge is 0.339 e. The first kappa shape index (κ1) is 16.7. The molecular formula is C18H15N3O3S. The average Bonchev–Trinajstić information content (AvgIpc) is 3.11. The van der Waals surface area contributed by atoms with E-state index in [-0.39, 0.29) is 11.3 Å². The normalized spacial score (nSPS) is 10.1. The third kappa shape index (κ3) is 4.02. The number of nitrogens with zero attached hydrogens (tertiary/aromatic N) is 1. The van der Waals surface area contributed by atoms with Crippen LogP contribution in [0.25, 0.3) is 0 Å². The number of para-hydroxylation sites is 2. The van der Waals surface area contributed by atoms with Gasteiger partial charge in [0.2, 0.25) is 0 Å². The van der Waals surface area contributed by atoms with Crippen molar-refractivity contribution in [3.63, 3.8) is 0 Å². The molecule has 2 N–H and O–H groups in total. The molecule has 0 aliphatic carbocycles. The zero-order valence-corrected chi connectivity index (χ0v) is 14.2. The second-order valence-corrected chi connectivity index (χ2v) is 5.88. The molecule has 1 amide bonds. The zero-order valence-electron chi connectivity index (χ0n) is 13.4. The summed E-state index contributed by atoms with van der Waals surface area (Å²) in [6.07, 6.45) is 0. The third-order valence-corrected chi connectivity index (χ3v) is 4.10. The Labute approximate surface area is 148 Å². The molecule has 1 aromatic heterocycles. The number of thiazole rings is 1. The van der Waals surface area contributed by atoms with Crippen LogP contribution >= 0.6 is 11.3 Å². The number of amides is 1. The van der Waals surface area contributed by atoms with Gasteiger partial charge in [0, 0.05) is 11.1 Å². The lowest BCUT2D eigenvalue weighted by atomic mass is 10.2. The summed E-state index contributed by atoms with van der Waals surface area (Å²) >= 11 is 1.32. The van der Waals surface area contributed by atoms with E-state index in [9.17, 15) is 9.59 Å². The number of aromatic nitrogens is 1. The van der Waals surface area contributed by atoms with Gasteiger partial charge in [0.05, 0.1) is 18.4 Å². The maximum absolute atomic E-state index is 12.4. The van der Waals surface area contributed by atoms with Gasteiger partial charge in [-0.3, -0.25) is 4.79 Å². The van der Waals surface area contributed by atoms with E-state index in [4.69, 9.17) is 4.74 Å². The minimum atomic E-state index is -0.513. The Balaban J connectivity index is 1.74. The number of methoxy groups -OCH3 is 1. The highest BCUT2D eigenvalue weighted by Crippen LogP contribution is 2.22. The van der Waals surface area contributed by atoms with E-state index in [1.807, 2.05) is 30.3 Å². The maximum Gasteiger partial charge on any atom is 0.339 e. The third-order valence-electron chi connectivity index (χ3n) is 3.34. The Hall–Kier alpha value is -3.19. The lowest BCUT2D eigenvalue weighted by Gasteiger charge is -2.08. The number of nitrogens with one attached hydrogen (secondary N) is 2. The van der Waals surface area contributed by atoms with Gasteiger partial charge in [0.25, 0.3) is 5.91 Å². The minimum Gasteiger partial charge on any atom is -0.465 e. The van der Waals surface area contributed by atoms with E-state index in [2.05, 4.69) is 15.6 Å². The lowest BCUT2D eigenvalue weighted by molar-refractivity contribution is 0.0602. The topological polar surface area (TPSA) is 80.3 Å². The fourth-order valence-corrected chi connectivity index (χ4v) is 2.86. The number of ether oxygens (including phenoxy) is 1. The van der Waals surface area contributed by atoms with Crippen LogP contribution in [0.1, 0.15) is 20.8 Å². The van der Waals surface area contributed by atoms with Crippen LogP contribution in [-0.2, 0) is 4.74 Å². The molecule has 0 saturated carbocycles. The number of benzene rings is 2. The Kier molecular flexibility index (Phi) is 5.06. The number of carbonyl (C=O) groups excluding carboxylic acids is 2. The van der Waals surface area contributed by atoms with Gasteiger partial charge in [0.1, 0.15) is 5.69 Å². The summed E-state index contributed by atoms with van der Waals surface area (Å²) in [7, 11) is 1.29. The van der Waals surface area contributed by atoms with Crippen molar-refractivity contribution < 1.29 is 14.3 Å². The van der Waals surface area contributed by atoms with Crippen LogP contribution in [0.4, 0.5) is 16.5 Å². The number of carbonyl (C=O) groups is 2. The summed E-state index contributed by atoms with van der Waals surface area (Å²) in [4.78, 5) is 28.4. The van der Waals surface area contributed by atoms with E-state index in [0.29, 0.717) is 10.8 Å². The molecule has 0 aliphatic heterocycles. The summed E-state index contributed by atoms with van der Waals surface area (Å²) in [5.41, 5.74) is 1.82. The minimum absolute atomic E-state index is 0.267. The highest BCUT2D eigenvalue weighted by molar-refractivity contribution is 7.14. The summed E-state index contributed by atoms with van der Waals surface area (Å²) in [5.74, 6) is -0.908. The zero-order chi connectivity index (χ0) is 17.6. The molecule has 3 rings (SSSR count). The summed E-state index contributed by atoms with van der Waals surface area (Å²) < 4.78 is 4.72. The van der Waals surface area contributed by atoms with Crippen molar-refractivity contribution in [2.75, 3.05) is 17.7 Å². The van der Waals surface area contributed by atoms with Gasteiger partial charge >= 0.3 is 5.97 Å². The first-order valence-electron chi connectivity index (χ1n) is 7.43. The number of anilines is 3. The van der Waals surface area contributed by atoms with Crippen molar-refractivity contribution in [2.24, 2.45) is 0 Å². The van der Waals surface area contributed by atoms with Gasteiger partial charge in [-0.2, -0.15) is 0 Å². The second-order valence-electron chi connectivity index (χ2n) is 5.02. The van der Waals surface area contributed by atoms with Crippen LogP contribution in [0, 0.1) is 0 Å². The number of hydrogen-bond donors (Lipinski definition) is 2. The molecule has 0 fully saturated rings. The van der Waals surface area contributed by atoms with Crippen LogP contribution < -0.4 is 10.6 Å². The number of rotatable bonds is 5. The molecule has 6 nitrogen and oxygen atoms in total. The van der Waals surface area contributed by atoms with Crippen molar-refractivity contribution in [1.29, 1.82) is 0 Å². The molecule has 2 aromatic carbocycles. The molecule has 126 valence electrons. The van der Waals surface area contributed by atoms with Crippen molar-refractivity contribution >= 4 is 39.7 Å². The molecule has 3 aromatic rings. The van der Waals surface area contributed by atoms with Crippen molar-refractivity contribution in [1.82, 2.24) is 4.98 Å². The SMILES string of the molecule is COC(=O)c1ccccc1NC(=O)c1csc(Nc2ccccc2)n1. The number of hydrogen-bond acceptors (Lipinski definition) is 6. The first-order valence-corrected chi connectivity index (χ1v) is 8.31. The van der Waals surface area contributed by atoms with Gasteiger partial charge in [0.15, 0.2) is 5.13 Å². The number of esters is 1. The highest BCUT2D eigenvalue weighted by Gasteiger charge is 2.16. The largest absolute Gasteiger partial charge is 0.465 e. The summed E-state index contributed by atoms with van der Waals surface area (Å²) in [6.45, 7) is 0. The van der Waals surface area contributed by atoms with Crippen molar-refractivity contribution in [2.45, 2.75) is 0 Å². The van der Waals surface area contributed by atoms with Gasteiger partial charge in [-0.05, 0) is 24.3 Å². The molecule has 0 saturated heterocycles. The van der Waals surface area contributed by atoms with Crippen LogP contribution in [0.15, 0.2) is 60.0 Å². The monoisotopic (exact) mass is 353 g/mol. The van der Waals surface area contributed by atoms with E-state index in [1.54, 1.807) is 29.6 Å². The molecule has 0 unspecified atom stereocenters. The lowest BCUT2D eigenvalue weighted by Crippen LogP contribution is -2.15. The molecule has 1 heterocycles. The Morgan fingerprint density at radius 1 is 1.04 bits per heavy atom. The first-order chi connectivity index (χ1) is 12.2. The van der Waals surface area contributed by atoms with E-state index >= 15 is 0 Å². The molecule has 0 aliphatic rings. The predicted octanol–water partition coefficient (Wildman–Crippen LogP) is 3.93. The quantitative estimate of drug-likeness (QED) is 0.680.